The minimum Gasteiger partial charge on any atom is -0.368 e. The number of aromatic nitrogens is 2. The monoisotopic (exact) mass is 298 g/mol. The van der Waals surface area contributed by atoms with Gasteiger partial charge in [0.1, 0.15) is 5.01 Å². The third kappa shape index (κ3) is 2.93. The number of nitrogens with one attached hydrogen (secondary N) is 1. The number of carbonyl (C=O) groups excluding carboxylic acids is 1. The summed E-state index contributed by atoms with van der Waals surface area (Å²) in [6, 6.07) is 0.500. The SMILES string of the molecule is Cc1nnc(SC2CCC(NC3CC3)(C(N)=O)C2)s1. The van der Waals surface area contributed by atoms with Gasteiger partial charge in [0.2, 0.25) is 5.91 Å². The average molecular weight is 298 g/mol. The second kappa shape index (κ2) is 5.03. The van der Waals surface area contributed by atoms with Crippen molar-refractivity contribution in [1.82, 2.24) is 15.5 Å². The van der Waals surface area contributed by atoms with Crippen molar-refractivity contribution in [2.75, 3.05) is 0 Å². The Labute approximate surface area is 120 Å². The second-order valence-electron chi connectivity index (χ2n) is 5.43. The Balaban J connectivity index is 1.65. The summed E-state index contributed by atoms with van der Waals surface area (Å²) in [4.78, 5) is 11.8. The van der Waals surface area contributed by atoms with E-state index in [1.165, 1.54) is 12.8 Å². The Morgan fingerprint density at radius 2 is 2.26 bits per heavy atom. The molecule has 5 nitrogen and oxygen atoms in total. The minimum atomic E-state index is -0.488. The molecule has 2 saturated carbocycles. The van der Waals surface area contributed by atoms with Gasteiger partial charge in [0, 0.05) is 11.3 Å². The summed E-state index contributed by atoms with van der Waals surface area (Å²) in [7, 11) is 0. The van der Waals surface area contributed by atoms with Crippen molar-refractivity contribution >= 4 is 29.0 Å². The molecule has 0 aliphatic heterocycles. The van der Waals surface area contributed by atoms with Crippen molar-refractivity contribution in [3.05, 3.63) is 5.01 Å². The van der Waals surface area contributed by atoms with Crippen LogP contribution >= 0.6 is 23.1 Å². The highest BCUT2D eigenvalue weighted by molar-refractivity contribution is 8.01. The Bertz CT molecular complexity index is 488. The van der Waals surface area contributed by atoms with Crippen LogP contribution < -0.4 is 11.1 Å². The van der Waals surface area contributed by atoms with Crippen LogP contribution in [0, 0.1) is 6.92 Å². The van der Waals surface area contributed by atoms with Gasteiger partial charge >= 0.3 is 0 Å². The maximum atomic E-state index is 11.8. The lowest BCUT2D eigenvalue weighted by molar-refractivity contribution is -0.124. The summed E-state index contributed by atoms with van der Waals surface area (Å²) in [6.45, 7) is 1.96. The molecule has 2 aliphatic rings. The summed E-state index contributed by atoms with van der Waals surface area (Å²) < 4.78 is 0.995. The van der Waals surface area contributed by atoms with Crippen LogP contribution in [0.2, 0.25) is 0 Å². The molecule has 0 saturated heterocycles. The molecule has 2 fully saturated rings. The third-order valence-corrected chi connectivity index (χ3v) is 5.96. The van der Waals surface area contributed by atoms with E-state index in [0.717, 1.165) is 28.6 Å². The van der Waals surface area contributed by atoms with E-state index in [1.807, 2.05) is 6.92 Å². The zero-order valence-corrected chi connectivity index (χ0v) is 12.5. The Kier molecular flexibility index (Phi) is 3.53. The van der Waals surface area contributed by atoms with E-state index >= 15 is 0 Å². The van der Waals surface area contributed by atoms with Crippen LogP contribution in [0.5, 0.6) is 0 Å². The first-order chi connectivity index (χ1) is 9.07. The molecule has 1 heterocycles. The van der Waals surface area contributed by atoms with Gasteiger partial charge in [-0.05, 0) is 39.0 Å². The van der Waals surface area contributed by atoms with E-state index in [2.05, 4.69) is 15.5 Å². The van der Waals surface area contributed by atoms with Gasteiger partial charge in [-0.1, -0.05) is 23.1 Å². The molecule has 1 amide bonds. The largest absolute Gasteiger partial charge is 0.368 e. The molecule has 0 spiro atoms. The van der Waals surface area contributed by atoms with Gasteiger partial charge in [-0.25, -0.2) is 0 Å². The quantitative estimate of drug-likeness (QED) is 0.860. The van der Waals surface area contributed by atoms with Gasteiger partial charge in [-0.3, -0.25) is 4.79 Å². The lowest BCUT2D eigenvalue weighted by atomic mass is 9.96. The zero-order valence-electron chi connectivity index (χ0n) is 10.9. The molecule has 3 N–H and O–H groups in total. The van der Waals surface area contributed by atoms with Crippen LogP contribution in [0.1, 0.15) is 37.1 Å². The number of primary amides is 1. The fourth-order valence-corrected chi connectivity index (χ4v) is 4.97. The lowest BCUT2D eigenvalue weighted by Gasteiger charge is -2.27. The molecule has 0 radical (unpaired) electrons. The number of carbonyl (C=O) groups is 1. The standard InChI is InChI=1S/C12H18N4OS2/c1-7-15-16-11(18-7)19-9-4-5-12(6-9,10(13)17)14-8-2-3-8/h8-9,14H,2-6H2,1H3,(H2,13,17). The van der Waals surface area contributed by atoms with Gasteiger partial charge in [-0.2, -0.15) is 0 Å². The summed E-state index contributed by atoms with van der Waals surface area (Å²) >= 11 is 3.35. The van der Waals surface area contributed by atoms with Gasteiger partial charge in [-0.15, -0.1) is 10.2 Å². The topological polar surface area (TPSA) is 80.9 Å². The van der Waals surface area contributed by atoms with Crippen LogP contribution in [0.25, 0.3) is 0 Å². The number of nitrogens with two attached hydrogens (primary N) is 1. The van der Waals surface area contributed by atoms with Crippen LogP contribution in [-0.2, 0) is 4.79 Å². The Morgan fingerprint density at radius 1 is 1.47 bits per heavy atom. The van der Waals surface area contributed by atoms with Gasteiger partial charge in [0.05, 0.1) is 5.54 Å². The average Bonchev–Trinajstić information content (AvgIpc) is 2.92. The van der Waals surface area contributed by atoms with E-state index in [0.29, 0.717) is 11.3 Å². The van der Waals surface area contributed by atoms with Crippen molar-refractivity contribution in [1.29, 1.82) is 0 Å². The first-order valence-electron chi connectivity index (χ1n) is 6.62. The van der Waals surface area contributed by atoms with E-state index < -0.39 is 5.54 Å². The number of amides is 1. The van der Waals surface area contributed by atoms with Crippen molar-refractivity contribution in [3.8, 4) is 0 Å². The van der Waals surface area contributed by atoms with Crippen molar-refractivity contribution < 1.29 is 4.79 Å². The minimum absolute atomic E-state index is 0.198. The molecule has 2 unspecified atom stereocenters. The lowest BCUT2D eigenvalue weighted by Crippen LogP contribution is -2.54. The maximum Gasteiger partial charge on any atom is 0.237 e. The molecule has 1 aromatic rings. The fourth-order valence-electron chi connectivity index (χ4n) is 2.61. The number of thioether (sulfide) groups is 1. The van der Waals surface area contributed by atoms with Crippen molar-refractivity contribution in [2.45, 2.75) is 60.2 Å². The molecule has 19 heavy (non-hydrogen) atoms. The number of hydrogen-bond acceptors (Lipinski definition) is 6. The molecule has 104 valence electrons. The molecule has 2 aliphatic carbocycles. The number of hydrogen-bond donors (Lipinski definition) is 2. The normalized spacial score (nSPS) is 30.7. The third-order valence-electron chi connectivity index (χ3n) is 3.77. The zero-order chi connectivity index (χ0) is 13.5. The van der Waals surface area contributed by atoms with Gasteiger partial charge in [0.25, 0.3) is 0 Å². The molecule has 7 heteroatoms. The summed E-state index contributed by atoms with van der Waals surface area (Å²) in [6.07, 6.45) is 4.99. The van der Waals surface area contributed by atoms with Gasteiger partial charge < -0.3 is 11.1 Å². The molecule has 0 aromatic carbocycles. The molecule has 3 rings (SSSR count). The van der Waals surface area contributed by atoms with E-state index in [9.17, 15) is 4.79 Å². The van der Waals surface area contributed by atoms with E-state index in [-0.39, 0.29) is 5.91 Å². The van der Waals surface area contributed by atoms with Crippen LogP contribution in [-0.4, -0.2) is 32.9 Å². The highest BCUT2D eigenvalue weighted by atomic mass is 32.2. The Morgan fingerprint density at radius 3 is 2.84 bits per heavy atom. The van der Waals surface area contributed by atoms with E-state index in [4.69, 9.17) is 5.73 Å². The number of nitrogens with zero attached hydrogens (tertiary/aromatic N) is 2. The van der Waals surface area contributed by atoms with Crippen LogP contribution in [0.15, 0.2) is 4.34 Å². The smallest absolute Gasteiger partial charge is 0.237 e. The second-order valence-corrected chi connectivity index (χ2v) is 8.16. The maximum absolute atomic E-state index is 11.8. The summed E-state index contributed by atoms with van der Waals surface area (Å²) in [5.74, 6) is -0.198. The predicted octanol–water partition coefficient (Wildman–Crippen LogP) is 1.47. The van der Waals surface area contributed by atoms with Crippen LogP contribution in [0.4, 0.5) is 0 Å². The van der Waals surface area contributed by atoms with Gasteiger partial charge in [0.15, 0.2) is 4.34 Å². The van der Waals surface area contributed by atoms with Crippen molar-refractivity contribution in [2.24, 2.45) is 5.73 Å². The predicted molar refractivity (Wildman–Crippen MR) is 76.2 cm³/mol. The molecule has 0 bridgehead atoms. The van der Waals surface area contributed by atoms with Crippen LogP contribution in [0.3, 0.4) is 0 Å². The summed E-state index contributed by atoms with van der Waals surface area (Å²) in [5.41, 5.74) is 5.14. The Hall–Kier alpha value is -0.660. The molecule has 2 atom stereocenters. The highest BCUT2D eigenvalue weighted by Gasteiger charge is 2.47. The van der Waals surface area contributed by atoms with Crippen molar-refractivity contribution in [3.63, 3.8) is 0 Å². The first kappa shape index (κ1) is 13.3. The highest BCUT2D eigenvalue weighted by Crippen LogP contribution is 2.42. The summed E-state index contributed by atoms with van der Waals surface area (Å²) in [5, 5.41) is 13.0. The van der Waals surface area contributed by atoms with E-state index in [1.54, 1.807) is 23.1 Å². The molecule has 1 aromatic heterocycles. The fraction of sp³-hybridized carbons (Fsp3) is 0.750. The molecular formula is C12H18N4OS2. The number of aryl methyl sites for hydroxylation is 1. The number of rotatable bonds is 5. The first-order valence-corrected chi connectivity index (χ1v) is 8.31. The molecular weight excluding hydrogens is 280 g/mol.